The average molecular weight is 385 g/mol. The molecule has 2 heterocycles. The Morgan fingerprint density at radius 1 is 1.11 bits per heavy atom. The fraction of sp³-hybridized carbons (Fsp3) is 0.286. The Balaban J connectivity index is 1.56. The Labute approximate surface area is 163 Å². The molecule has 0 saturated carbocycles. The van der Waals surface area contributed by atoms with Crippen molar-refractivity contribution in [2.45, 2.75) is 18.9 Å². The monoisotopic (exact) mass is 384 g/mol. The summed E-state index contributed by atoms with van der Waals surface area (Å²) < 4.78 is 12.7. The lowest BCUT2D eigenvalue weighted by atomic mass is 10.1. The minimum Gasteiger partial charge on any atom is -0.493 e. The van der Waals surface area contributed by atoms with Gasteiger partial charge in [-0.3, -0.25) is 4.79 Å². The quantitative estimate of drug-likeness (QED) is 0.609. The maximum Gasteiger partial charge on any atom is 0.222 e. The fourth-order valence-electron chi connectivity index (χ4n) is 3.02. The molecule has 1 aromatic carbocycles. The van der Waals surface area contributed by atoms with Gasteiger partial charge in [0.2, 0.25) is 5.91 Å². The van der Waals surface area contributed by atoms with Crippen LogP contribution in [0.25, 0.3) is 0 Å². The zero-order chi connectivity index (χ0) is 19.1. The summed E-state index contributed by atoms with van der Waals surface area (Å²) in [5.74, 6) is 1.45. The normalized spacial score (nSPS) is 11.8. The molecule has 1 atom stereocenters. The predicted molar refractivity (Wildman–Crippen MR) is 108 cm³/mol. The van der Waals surface area contributed by atoms with Crippen molar-refractivity contribution >= 4 is 17.2 Å². The molecule has 3 rings (SSSR count). The van der Waals surface area contributed by atoms with Crippen LogP contribution in [0.4, 0.5) is 0 Å². The molecule has 0 fully saturated rings. The number of aromatic nitrogens is 1. The number of rotatable bonds is 9. The van der Waals surface area contributed by atoms with E-state index in [9.17, 15) is 4.79 Å². The third-order valence-corrected chi connectivity index (χ3v) is 5.40. The molecule has 0 unspecified atom stereocenters. The van der Waals surface area contributed by atoms with Crippen LogP contribution in [-0.4, -0.2) is 31.2 Å². The Kier molecular flexibility index (Phi) is 6.54. The van der Waals surface area contributed by atoms with Gasteiger partial charge in [-0.2, -0.15) is 0 Å². The van der Waals surface area contributed by atoms with Crippen LogP contribution in [0.1, 0.15) is 22.9 Å². The summed E-state index contributed by atoms with van der Waals surface area (Å²) in [5.41, 5.74) is 1.09. The zero-order valence-corrected chi connectivity index (χ0v) is 16.4. The molecule has 0 radical (unpaired) electrons. The van der Waals surface area contributed by atoms with E-state index in [0.717, 1.165) is 12.0 Å². The number of benzene rings is 1. The van der Waals surface area contributed by atoms with E-state index < -0.39 is 0 Å². The molecule has 0 spiro atoms. The maximum absolute atomic E-state index is 12.5. The van der Waals surface area contributed by atoms with Crippen molar-refractivity contribution < 1.29 is 14.3 Å². The van der Waals surface area contributed by atoms with Gasteiger partial charge in [0.1, 0.15) is 0 Å². The van der Waals surface area contributed by atoms with Gasteiger partial charge in [0.15, 0.2) is 11.5 Å². The summed E-state index contributed by atoms with van der Waals surface area (Å²) in [6.07, 6.45) is 5.16. The molecule has 0 saturated heterocycles. The summed E-state index contributed by atoms with van der Waals surface area (Å²) in [6.45, 7) is 0.581. The van der Waals surface area contributed by atoms with Gasteiger partial charge in [-0.15, -0.1) is 11.3 Å². The van der Waals surface area contributed by atoms with E-state index in [2.05, 4.69) is 16.0 Å². The zero-order valence-electron chi connectivity index (χ0n) is 15.6. The molecular formula is C21H24N2O3S. The third-order valence-electron chi connectivity index (χ3n) is 4.42. The lowest BCUT2D eigenvalue weighted by molar-refractivity contribution is -0.121. The van der Waals surface area contributed by atoms with E-state index in [1.807, 2.05) is 54.2 Å². The summed E-state index contributed by atoms with van der Waals surface area (Å²) in [6, 6.07) is 13.9. The number of hydrogen-bond donors (Lipinski definition) is 1. The largest absolute Gasteiger partial charge is 0.493 e. The van der Waals surface area contributed by atoms with Crippen molar-refractivity contribution in [1.29, 1.82) is 0 Å². The average Bonchev–Trinajstić information content (AvgIpc) is 3.40. The van der Waals surface area contributed by atoms with Crippen molar-refractivity contribution in [3.63, 3.8) is 0 Å². The highest BCUT2D eigenvalue weighted by atomic mass is 32.1. The van der Waals surface area contributed by atoms with Gasteiger partial charge < -0.3 is 19.4 Å². The predicted octanol–water partition coefficient (Wildman–Crippen LogP) is 3.91. The van der Waals surface area contributed by atoms with Gasteiger partial charge >= 0.3 is 0 Å². The summed E-state index contributed by atoms with van der Waals surface area (Å²) in [5, 5.41) is 5.07. The lowest BCUT2D eigenvalue weighted by Crippen LogP contribution is -2.28. The minimum atomic E-state index is 0.0288. The number of hydrogen-bond acceptors (Lipinski definition) is 4. The third kappa shape index (κ3) is 4.92. The topological polar surface area (TPSA) is 52.5 Å². The molecule has 2 aromatic heterocycles. The van der Waals surface area contributed by atoms with Gasteiger partial charge in [-0.05, 0) is 47.7 Å². The Bertz CT molecular complexity index is 810. The second-order valence-electron chi connectivity index (χ2n) is 6.15. The first kappa shape index (κ1) is 19.0. The van der Waals surface area contributed by atoms with Crippen LogP contribution in [0.15, 0.2) is 60.2 Å². The number of ether oxygens (including phenoxy) is 2. The maximum atomic E-state index is 12.5. The molecule has 0 bridgehead atoms. The second kappa shape index (κ2) is 9.28. The first-order chi connectivity index (χ1) is 13.2. The van der Waals surface area contributed by atoms with Crippen molar-refractivity contribution in [2.24, 2.45) is 0 Å². The summed E-state index contributed by atoms with van der Waals surface area (Å²) in [7, 11) is 3.24. The number of carbonyl (C=O) groups is 1. The number of nitrogens with one attached hydrogen (secondary N) is 1. The van der Waals surface area contributed by atoms with E-state index in [1.54, 1.807) is 25.6 Å². The summed E-state index contributed by atoms with van der Waals surface area (Å²) in [4.78, 5) is 13.7. The van der Waals surface area contributed by atoms with Gasteiger partial charge in [-0.25, -0.2) is 0 Å². The molecule has 0 aliphatic heterocycles. The van der Waals surface area contributed by atoms with Crippen LogP contribution in [0.5, 0.6) is 11.5 Å². The Morgan fingerprint density at radius 3 is 2.56 bits per heavy atom. The van der Waals surface area contributed by atoms with Crippen LogP contribution in [-0.2, 0) is 11.2 Å². The van der Waals surface area contributed by atoms with Crippen LogP contribution in [0.2, 0.25) is 0 Å². The van der Waals surface area contributed by atoms with E-state index in [4.69, 9.17) is 9.47 Å². The van der Waals surface area contributed by atoms with Crippen LogP contribution in [0, 0.1) is 0 Å². The Hall–Kier alpha value is -2.73. The standard InChI is InChI=1S/C21H24N2O3S/c1-25-18-8-7-16(14-19(18)26-2)9-10-22-21(24)15-17(20-6-5-13-27-20)23-11-3-4-12-23/h3-8,11-14,17H,9-10,15H2,1-2H3,(H,22,24)/t17-/m0/s1. The molecule has 0 aliphatic rings. The number of carbonyl (C=O) groups excluding carboxylic acids is 1. The smallest absolute Gasteiger partial charge is 0.222 e. The first-order valence-electron chi connectivity index (χ1n) is 8.84. The number of thiophene rings is 1. The van der Waals surface area contributed by atoms with Crippen LogP contribution in [0.3, 0.4) is 0 Å². The minimum absolute atomic E-state index is 0.0288. The first-order valence-corrected chi connectivity index (χ1v) is 9.72. The highest BCUT2D eigenvalue weighted by Gasteiger charge is 2.18. The summed E-state index contributed by atoms with van der Waals surface area (Å²) >= 11 is 1.67. The molecule has 6 heteroatoms. The molecule has 1 N–H and O–H groups in total. The molecular weight excluding hydrogens is 360 g/mol. The van der Waals surface area contributed by atoms with E-state index in [1.165, 1.54) is 4.88 Å². The van der Waals surface area contributed by atoms with Crippen molar-refractivity contribution in [3.8, 4) is 11.5 Å². The molecule has 27 heavy (non-hydrogen) atoms. The van der Waals surface area contributed by atoms with E-state index in [-0.39, 0.29) is 11.9 Å². The van der Waals surface area contributed by atoms with E-state index >= 15 is 0 Å². The lowest BCUT2D eigenvalue weighted by Gasteiger charge is -2.17. The molecule has 5 nitrogen and oxygen atoms in total. The van der Waals surface area contributed by atoms with Crippen molar-refractivity contribution in [1.82, 2.24) is 9.88 Å². The van der Waals surface area contributed by atoms with Gasteiger partial charge in [-0.1, -0.05) is 12.1 Å². The molecule has 1 amide bonds. The van der Waals surface area contributed by atoms with E-state index in [0.29, 0.717) is 24.5 Å². The molecule has 0 aliphatic carbocycles. The second-order valence-corrected chi connectivity index (χ2v) is 7.13. The fourth-order valence-corrected chi connectivity index (χ4v) is 3.85. The van der Waals surface area contributed by atoms with Crippen molar-refractivity contribution in [2.75, 3.05) is 20.8 Å². The number of nitrogens with zero attached hydrogens (tertiary/aromatic N) is 1. The Morgan fingerprint density at radius 2 is 1.89 bits per heavy atom. The molecule has 142 valence electrons. The van der Waals surface area contributed by atoms with Crippen molar-refractivity contribution in [3.05, 3.63) is 70.7 Å². The van der Waals surface area contributed by atoms with Gasteiger partial charge in [0, 0.05) is 23.8 Å². The van der Waals surface area contributed by atoms with Gasteiger partial charge in [0.25, 0.3) is 0 Å². The number of methoxy groups -OCH3 is 2. The number of amides is 1. The van der Waals surface area contributed by atoms with Crippen LogP contribution >= 0.6 is 11.3 Å². The molecule has 3 aromatic rings. The van der Waals surface area contributed by atoms with Gasteiger partial charge in [0.05, 0.1) is 26.7 Å². The van der Waals surface area contributed by atoms with Crippen LogP contribution < -0.4 is 14.8 Å². The highest BCUT2D eigenvalue weighted by Crippen LogP contribution is 2.28. The highest BCUT2D eigenvalue weighted by molar-refractivity contribution is 7.10. The SMILES string of the molecule is COc1ccc(CCNC(=O)C[C@@H](c2cccs2)n2cccc2)cc1OC.